The van der Waals surface area contributed by atoms with Gasteiger partial charge in [0, 0.05) is 3.57 Å². The number of pyridine rings is 1. The van der Waals surface area contributed by atoms with E-state index in [-0.39, 0.29) is 0 Å². The second-order valence-corrected chi connectivity index (χ2v) is 6.52. The van der Waals surface area contributed by atoms with E-state index in [1.807, 2.05) is 0 Å². The number of nitrogens with one attached hydrogen (secondary N) is 1. The van der Waals surface area contributed by atoms with E-state index in [0.717, 1.165) is 3.57 Å². The van der Waals surface area contributed by atoms with Crippen molar-refractivity contribution in [3.05, 3.63) is 19.4 Å². The molecule has 1 N–H and O–H groups in total. The third kappa shape index (κ3) is 4.97. The van der Waals surface area contributed by atoms with Gasteiger partial charge in [-0.2, -0.15) is 0 Å². The Bertz CT molecular complexity index is 425. The molecule has 0 aliphatic carbocycles. The van der Waals surface area contributed by atoms with Gasteiger partial charge in [-0.25, -0.2) is 9.78 Å². The molecule has 17 heavy (non-hydrogen) atoms. The molecule has 0 saturated heterocycles. The van der Waals surface area contributed by atoms with Gasteiger partial charge in [0.1, 0.15) is 15.4 Å². The normalized spacial score (nSPS) is 11.2. The number of rotatable bonds is 1. The standard InChI is InChI=1S/C10H11BrClIN2O2/c1-10(2,3)17-9(16)15-7-5(13)4-6(12)14-8(7)11/h4H,1-3H3,(H,15,16). The summed E-state index contributed by atoms with van der Waals surface area (Å²) in [7, 11) is 0. The topological polar surface area (TPSA) is 51.2 Å². The summed E-state index contributed by atoms with van der Waals surface area (Å²) in [5.74, 6) is 0. The first kappa shape index (κ1) is 15.0. The molecule has 4 nitrogen and oxygen atoms in total. The minimum atomic E-state index is -0.540. The van der Waals surface area contributed by atoms with E-state index >= 15 is 0 Å². The third-order valence-electron chi connectivity index (χ3n) is 1.52. The fraction of sp³-hybridized carbons (Fsp3) is 0.400. The predicted octanol–water partition coefficient (Wildman–Crippen LogP) is 4.45. The van der Waals surface area contributed by atoms with Gasteiger partial charge >= 0.3 is 6.09 Å². The molecule has 0 spiro atoms. The van der Waals surface area contributed by atoms with Crippen LogP contribution in [0, 0.1) is 3.57 Å². The van der Waals surface area contributed by atoms with E-state index in [1.54, 1.807) is 26.8 Å². The molecule has 0 aromatic carbocycles. The lowest BCUT2D eigenvalue weighted by molar-refractivity contribution is 0.0635. The Morgan fingerprint density at radius 1 is 1.59 bits per heavy atom. The maximum atomic E-state index is 11.6. The Morgan fingerprint density at radius 3 is 2.65 bits per heavy atom. The Balaban J connectivity index is 2.86. The molecule has 1 amide bonds. The van der Waals surface area contributed by atoms with E-state index in [2.05, 4.69) is 48.8 Å². The van der Waals surface area contributed by atoms with Crippen LogP contribution in [-0.2, 0) is 4.74 Å². The number of carbonyl (C=O) groups excluding carboxylic acids is 1. The summed E-state index contributed by atoms with van der Waals surface area (Å²) in [5.41, 5.74) is 0.00577. The average molecular weight is 433 g/mol. The summed E-state index contributed by atoms with van der Waals surface area (Å²) in [6, 6.07) is 1.65. The first-order valence-corrected chi connectivity index (χ1v) is 6.95. The van der Waals surface area contributed by atoms with Crippen molar-refractivity contribution in [2.75, 3.05) is 5.32 Å². The molecule has 0 aliphatic rings. The van der Waals surface area contributed by atoms with Gasteiger partial charge in [-0.1, -0.05) is 11.6 Å². The fourth-order valence-electron chi connectivity index (χ4n) is 0.974. The molecule has 1 heterocycles. The zero-order valence-corrected chi connectivity index (χ0v) is 14.0. The monoisotopic (exact) mass is 432 g/mol. The average Bonchev–Trinajstić information content (AvgIpc) is 2.08. The highest BCUT2D eigenvalue weighted by Crippen LogP contribution is 2.29. The van der Waals surface area contributed by atoms with Crippen molar-refractivity contribution in [3.63, 3.8) is 0 Å². The van der Waals surface area contributed by atoms with Crippen LogP contribution in [0.2, 0.25) is 5.15 Å². The fourth-order valence-corrected chi connectivity index (χ4v) is 3.01. The number of halogens is 3. The lowest BCUT2D eigenvalue weighted by Gasteiger charge is -2.20. The van der Waals surface area contributed by atoms with Crippen molar-refractivity contribution in [1.82, 2.24) is 4.98 Å². The molecular formula is C10H11BrClIN2O2. The summed E-state index contributed by atoms with van der Waals surface area (Å²) in [5, 5.41) is 2.98. The smallest absolute Gasteiger partial charge is 0.412 e. The van der Waals surface area contributed by atoms with Crippen LogP contribution >= 0.6 is 50.1 Å². The van der Waals surface area contributed by atoms with Gasteiger partial charge in [0.25, 0.3) is 0 Å². The summed E-state index contributed by atoms with van der Waals surface area (Å²) >= 11 is 11.1. The van der Waals surface area contributed by atoms with Crippen LogP contribution in [0.15, 0.2) is 10.7 Å². The minimum Gasteiger partial charge on any atom is -0.444 e. The Hall–Kier alpha value is -0.0800. The summed E-state index contributed by atoms with van der Waals surface area (Å²) in [4.78, 5) is 15.6. The molecule has 0 unspecified atom stereocenters. The summed E-state index contributed by atoms with van der Waals surface area (Å²) in [6.07, 6.45) is -0.528. The number of carbonyl (C=O) groups is 1. The third-order valence-corrected chi connectivity index (χ3v) is 3.14. The quantitative estimate of drug-likeness (QED) is 0.526. The molecule has 0 atom stereocenters. The largest absolute Gasteiger partial charge is 0.444 e. The number of anilines is 1. The number of amides is 1. The number of nitrogens with zero attached hydrogens (tertiary/aromatic N) is 1. The Kier molecular flexibility index (Phi) is 5.03. The number of hydrogen-bond acceptors (Lipinski definition) is 3. The van der Waals surface area contributed by atoms with Gasteiger partial charge in [-0.3, -0.25) is 5.32 Å². The predicted molar refractivity (Wildman–Crippen MR) is 79.5 cm³/mol. The van der Waals surface area contributed by atoms with Crippen LogP contribution in [0.4, 0.5) is 10.5 Å². The summed E-state index contributed by atoms with van der Waals surface area (Å²) < 4.78 is 6.40. The first-order chi connectivity index (χ1) is 7.69. The lowest BCUT2D eigenvalue weighted by Crippen LogP contribution is -2.27. The van der Waals surface area contributed by atoms with Crippen LogP contribution in [0.5, 0.6) is 0 Å². The van der Waals surface area contributed by atoms with Gasteiger partial charge in [0.2, 0.25) is 0 Å². The van der Waals surface area contributed by atoms with Gasteiger partial charge in [0.15, 0.2) is 0 Å². The molecule has 94 valence electrons. The van der Waals surface area contributed by atoms with Crippen molar-refractivity contribution >= 4 is 61.9 Å². The number of ether oxygens (including phenoxy) is 1. The van der Waals surface area contributed by atoms with Crippen molar-refractivity contribution in [2.45, 2.75) is 26.4 Å². The molecule has 1 aromatic heterocycles. The second-order valence-electron chi connectivity index (χ2n) is 4.22. The molecular weight excluding hydrogens is 422 g/mol. The first-order valence-electron chi connectivity index (χ1n) is 4.70. The van der Waals surface area contributed by atoms with Gasteiger partial charge < -0.3 is 4.74 Å². The molecule has 1 rings (SSSR count). The van der Waals surface area contributed by atoms with Crippen LogP contribution in [-0.4, -0.2) is 16.7 Å². The van der Waals surface area contributed by atoms with Crippen LogP contribution in [0.1, 0.15) is 20.8 Å². The molecule has 0 saturated carbocycles. The zero-order chi connectivity index (χ0) is 13.2. The van der Waals surface area contributed by atoms with Gasteiger partial charge in [-0.15, -0.1) is 0 Å². The maximum absolute atomic E-state index is 11.6. The van der Waals surface area contributed by atoms with Crippen LogP contribution in [0.25, 0.3) is 0 Å². The highest BCUT2D eigenvalue weighted by Gasteiger charge is 2.18. The summed E-state index contributed by atoms with van der Waals surface area (Å²) in [6.45, 7) is 5.39. The highest BCUT2D eigenvalue weighted by molar-refractivity contribution is 14.1. The Morgan fingerprint density at radius 2 is 2.18 bits per heavy atom. The number of aromatic nitrogens is 1. The van der Waals surface area contributed by atoms with E-state index in [1.165, 1.54) is 0 Å². The molecule has 0 radical (unpaired) electrons. The van der Waals surface area contributed by atoms with E-state index in [9.17, 15) is 4.79 Å². The van der Waals surface area contributed by atoms with Crippen molar-refractivity contribution in [3.8, 4) is 0 Å². The van der Waals surface area contributed by atoms with Crippen LogP contribution in [0.3, 0.4) is 0 Å². The van der Waals surface area contributed by atoms with Crippen molar-refractivity contribution < 1.29 is 9.53 Å². The van der Waals surface area contributed by atoms with E-state index in [4.69, 9.17) is 16.3 Å². The van der Waals surface area contributed by atoms with Crippen molar-refractivity contribution in [2.24, 2.45) is 0 Å². The van der Waals surface area contributed by atoms with Gasteiger partial charge in [0.05, 0.1) is 5.69 Å². The second kappa shape index (κ2) is 5.71. The zero-order valence-electron chi connectivity index (χ0n) is 9.47. The van der Waals surface area contributed by atoms with Gasteiger partial charge in [-0.05, 0) is 65.4 Å². The molecule has 7 heteroatoms. The molecule has 0 aliphatic heterocycles. The Labute approximate surface area is 127 Å². The molecule has 0 fully saturated rings. The minimum absolute atomic E-state index is 0.357. The highest BCUT2D eigenvalue weighted by atomic mass is 127. The molecule has 1 aromatic rings. The van der Waals surface area contributed by atoms with Crippen LogP contribution < -0.4 is 5.32 Å². The number of hydrogen-bond donors (Lipinski definition) is 1. The SMILES string of the molecule is CC(C)(C)OC(=O)Nc1c(I)cc(Cl)nc1Br. The van der Waals surface area contributed by atoms with E-state index in [0.29, 0.717) is 15.4 Å². The molecule has 0 bridgehead atoms. The maximum Gasteiger partial charge on any atom is 0.412 e. The van der Waals surface area contributed by atoms with E-state index < -0.39 is 11.7 Å². The van der Waals surface area contributed by atoms with Crippen molar-refractivity contribution in [1.29, 1.82) is 0 Å². The lowest BCUT2D eigenvalue weighted by atomic mass is 10.2.